The van der Waals surface area contributed by atoms with Crippen LogP contribution in [0.1, 0.15) is 28.1 Å². The van der Waals surface area contributed by atoms with E-state index in [4.69, 9.17) is 5.73 Å². The number of amides is 1. The zero-order valence-electron chi connectivity index (χ0n) is 14.1. The molecule has 1 atom stereocenters. The molecule has 0 saturated carbocycles. The lowest BCUT2D eigenvalue weighted by Crippen LogP contribution is -2.40. The summed E-state index contributed by atoms with van der Waals surface area (Å²) >= 11 is 1.49. The molecule has 1 saturated heterocycles. The van der Waals surface area contributed by atoms with Crippen molar-refractivity contribution in [3.05, 3.63) is 52.2 Å². The second kappa shape index (κ2) is 8.96. The molecule has 1 aliphatic rings. The quantitative estimate of drug-likeness (QED) is 0.756. The third-order valence-corrected chi connectivity index (χ3v) is 6.59. The zero-order valence-corrected chi connectivity index (χ0v) is 16.6. The van der Waals surface area contributed by atoms with E-state index in [1.54, 1.807) is 17.0 Å². The van der Waals surface area contributed by atoms with Crippen molar-refractivity contribution in [2.45, 2.75) is 30.3 Å². The van der Waals surface area contributed by atoms with Crippen molar-refractivity contribution >= 4 is 39.7 Å². The topological polar surface area (TPSA) is 92.5 Å². The van der Waals surface area contributed by atoms with Crippen molar-refractivity contribution in [1.82, 2.24) is 9.62 Å². The van der Waals surface area contributed by atoms with E-state index < -0.39 is 10.0 Å². The molecule has 2 aromatic rings. The molecule has 6 nitrogen and oxygen atoms in total. The maximum atomic E-state index is 12.7. The molecule has 0 radical (unpaired) electrons. The number of nitrogens with one attached hydrogen (secondary N) is 1. The first-order valence-electron chi connectivity index (χ1n) is 8.14. The van der Waals surface area contributed by atoms with Gasteiger partial charge in [-0.05, 0) is 42.5 Å². The molecule has 3 rings (SSSR count). The summed E-state index contributed by atoms with van der Waals surface area (Å²) in [5, 5.41) is 1.90. The van der Waals surface area contributed by atoms with Crippen LogP contribution in [0, 0.1) is 0 Å². The van der Waals surface area contributed by atoms with Crippen LogP contribution in [0.15, 0.2) is 46.7 Å². The van der Waals surface area contributed by atoms with Gasteiger partial charge in [0.15, 0.2) is 0 Å². The highest BCUT2D eigenvalue weighted by molar-refractivity contribution is 7.89. The molecular weight excluding hydrogens is 394 g/mol. The molecule has 1 aromatic carbocycles. The fourth-order valence-corrected chi connectivity index (χ4v) is 4.76. The summed E-state index contributed by atoms with van der Waals surface area (Å²) in [5.41, 5.74) is 6.10. The Kier molecular flexibility index (Phi) is 7.19. The van der Waals surface area contributed by atoms with Crippen molar-refractivity contribution in [3.8, 4) is 0 Å². The van der Waals surface area contributed by atoms with Gasteiger partial charge in [0.25, 0.3) is 5.91 Å². The fourth-order valence-electron chi connectivity index (χ4n) is 2.97. The minimum atomic E-state index is -3.67. The monoisotopic (exact) mass is 415 g/mol. The molecule has 0 bridgehead atoms. The molecular formula is C17H22ClN3O3S2. The largest absolute Gasteiger partial charge is 0.334 e. The molecule has 3 N–H and O–H groups in total. The van der Waals surface area contributed by atoms with E-state index in [9.17, 15) is 13.2 Å². The van der Waals surface area contributed by atoms with Crippen LogP contribution in [0.5, 0.6) is 0 Å². The van der Waals surface area contributed by atoms with Crippen LogP contribution in [0.25, 0.3) is 0 Å². The maximum Gasteiger partial charge on any atom is 0.254 e. The first-order valence-corrected chi connectivity index (χ1v) is 10.5. The molecule has 1 unspecified atom stereocenters. The smallest absolute Gasteiger partial charge is 0.254 e. The lowest BCUT2D eigenvalue weighted by Gasteiger charge is -2.23. The Bertz CT molecular complexity index is 841. The molecule has 26 heavy (non-hydrogen) atoms. The van der Waals surface area contributed by atoms with Crippen LogP contribution >= 0.6 is 23.7 Å². The van der Waals surface area contributed by atoms with Crippen LogP contribution in [0.4, 0.5) is 0 Å². The number of halogens is 1. The predicted octanol–water partition coefficient (Wildman–Crippen LogP) is 2.21. The van der Waals surface area contributed by atoms with Gasteiger partial charge in [-0.2, -0.15) is 0 Å². The van der Waals surface area contributed by atoms with Gasteiger partial charge in [0.1, 0.15) is 0 Å². The van der Waals surface area contributed by atoms with Gasteiger partial charge in [-0.3, -0.25) is 4.79 Å². The number of hydrogen-bond donors (Lipinski definition) is 2. The number of thiophene rings is 1. The summed E-state index contributed by atoms with van der Waals surface area (Å²) in [5.74, 6) is -0.164. The van der Waals surface area contributed by atoms with Crippen LogP contribution in [-0.4, -0.2) is 38.4 Å². The standard InChI is InChI=1S/C17H21N3O3S2.ClH/c18-11-14-5-2-8-20(14)17(21)13-4-1-7-16(10-13)25(22,23)19-12-15-6-3-9-24-15;/h1,3-4,6-7,9-10,14,19H,2,5,8,11-12,18H2;1H. The van der Waals surface area contributed by atoms with Gasteiger partial charge in [-0.15, -0.1) is 23.7 Å². The van der Waals surface area contributed by atoms with Gasteiger partial charge in [-0.25, -0.2) is 13.1 Å². The van der Waals surface area contributed by atoms with Gasteiger partial charge in [-0.1, -0.05) is 12.1 Å². The van der Waals surface area contributed by atoms with Gasteiger partial charge < -0.3 is 10.6 Å². The fraction of sp³-hybridized carbons (Fsp3) is 0.353. The van der Waals surface area contributed by atoms with Crippen LogP contribution in [0.2, 0.25) is 0 Å². The van der Waals surface area contributed by atoms with E-state index in [0.29, 0.717) is 18.7 Å². The summed E-state index contributed by atoms with van der Waals surface area (Å²) < 4.78 is 27.6. The normalized spacial score (nSPS) is 17.1. The summed E-state index contributed by atoms with van der Waals surface area (Å²) in [6, 6.07) is 9.95. The van der Waals surface area contributed by atoms with Gasteiger partial charge in [0.2, 0.25) is 10.0 Å². The number of hydrogen-bond acceptors (Lipinski definition) is 5. The summed E-state index contributed by atoms with van der Waals surface area (Å²) in [6.45, 7) is 1.32. The van der Waals surface area contributed by atoms with Crippen LogP contribution < -0.4 is 10.5 Å². The predicted molar refractivity (Wildman–Crippen MR) is 105 cm³/mol. The van der Waals surface area contributed by atoms with E-state index in [1.807, 2.05) is 17.5 Å². The SMILES string of the molecule is Cl.NCC1CCCN1C(=O)c1cccc(S(=O)(=O)NCc2cccs2)c1. The molecule has 1 aliphatic heterocycles. The van der Waals surface area contributed by atoms with Crippen molar-refractivity contribution in [3.63, 3.8) is 0 Å². The van der Waals surface area contributed by atoms with E-state index in [-0.39, 0.29) is 35.8 Å². The average molecular weight is 416 g/mol. The lowest BCUT2D eigenvalue weighted by atomic mass is 10.1. The molecule has 0 aliphatic carbocycles. The Labute approximate surface area is 163 Å². The average Bonchev–Trinajstić information content (AvgIpc) is 3.30. The van der Waals surface area contributed by atoms with Crippen molar-refractivity contribution in [2.75, 3.05) is 13.1 Å². The van der Waals surface area contributed by atoms with Crippen molar-refractivity contribution in [2.24, 2.45) is 5.73 Å². The minimum Gasteiger partial charge on any atom is -0.334 e. The van der Waals surface area contributed by atoms with E-state index in [0.717, 1.165) is 17.7 Å². The zero-order chi connectivity index (χ0) is 17.9. The highest BCUT2D eigenvalue weighted by Gasteiger charge is 2.28. The Morgan fingerprint density at radius 1 is 1.31 bits per heavy atom. The van der Waals surface area contributed by atoms with E-state index >= 15 is 0 Å². The molecule has 1 fully saturated rings. The number of benzene rings is 1. The second-order valence-electron chi connectivity index (χ2n) is 5.96. The summed E-state index contributed by atoms with van der Waals surface area (Å²) in [6.07, 6.45) is 1.82. The number of carbonyl (C=O) groups is 1. The van der Waals surface area contributed by atoms with Crippen LogP contribution in [0.3, 0.4) is 0 Å². The summed E-state index contributed by atoms with van der Waals surface area (Å²) in [7, 11) is -3.67. The minimum absolute atomic E-state index is 0. The van der Waals surface area contributed by atoms with Gasteiger partial charge >= 0.3 is 0 Å². The number of nitrogens with zero attached hydrogens (tertiary/aromatic N) is 1. The highest BCUT2D eigenvalue weighted by atomic mass is 35.5. The molecule has 1 amide bonds. The number of likely N-dealkylation sites (tertiary alicyclic amines) is 1. The van der Waals surface area contributed by atoms with Crippen molar-refractivity contribution < 1.29 is 13.2 Å². The Hall–Kier alpha value is -1.45. The Balaban J connectivity index is 0.00000243. The Morgan fingerprint density at radius 3 is 2.81 bits per heavy atom. The van der Waals surface area contributed by atoms with Gasteiger partial charge in [0, 0.05) is 36.1 Å². The third-order valence-electron chi connectivity index (χ3n) is 4.32. The van der Waals surface area contributed by atoms with E-state index in [2.05, 4.69) is 4.72 Å². The molecule has 142 valence electrons. The first kappa shape index (κ1) is 20.9. The van der Waals surface area contributed by atoms with E-state index in [1.165, 1.54) is 23.5 Å². The number of carbonyl (C=O) groups excluding carboxylic acids is 1. The molecule has 2 heterocycles. The molecule has 9 heteroatoms. The first-order chi connectivity index (χ1) is 12.0. The summed E-state index contributed by atoms with van der Waals surface area (Å²) in [4.78, 5) is 15.5. The maximum absolute atomic E-state index is 12.7. The third kappa shape index (κ3) is 4.63. The van der Waals surface area contributed by atoms with Crippen LogP contribution in [-0.2, 0) is 16.6 Å². The number of rotatable bonds is 6. The van der Waals surface area contributed by atoms with Gasteiger partial charge in [0.05, 0.1) is 4.90 Å². The lowest BCUT2D eigenvalue weighted by molar-refractivity contribution is 0.0741. The molecule has 1 aromatic heterocycles. The van der Waals surface area contributed by atoms with Crippen molar-refractivity contribution in [1.29, 1.82) is 0 Å². The second-order valence-corrected chi connectivity index (χ2v) is 8.76. The number of sulfonamides is 1. The number of nitrogens with two attached hydrogens (primary N) is 1. The Morgan fingerprint density at radius 2 is 2.12 bits per heavy atom. The highest BCUT2D eigenvalue weighted by Crippen LogP contribution is 2.21. The molecule has 0 spiro atoms.